The van der Waals surface area contributed by atoms with Crippen molar-refractivity contribution in [3.63, 3.8) is 0 Å². The highest BCUT2D eigenvalue weighted by Crippen LogP contribution is 2.19. The Morgan fingerprint density at radius 2 is 2.09 bits per heavy atom. The molecule has 3 N–H and O–H groups in total. The summed E-state index contributed by atoms with van der Waals surface area (Å²) in [6, 6.07) is 8.30. The largest absolute Gasteiger partial charge is 0.361 e. The van der Waals surface area contributed by atoms with Crippen LogP contribution in [0.25, 0.3) is 10.9 Å². The molecule has 6 nitrogen and oxygen atoms in total. The molecule has 0 aliphatic carbocycles. The number of carbonyl (C=O) groups is 1. The standard InChI is InChI=1S/C17H21N5O/c1-11(2)16(23)20-17-19-15(21-22-17)9-5-6-12-10-18-14-8-4-3-7-13(12)14/h3-4,7-8,10-11,18H,5-6,9H2,1-2H3,(H2,19,20,21,22,23). The van der Waals surface area contributed by atoms with Crippen LogP contribution in [0.5, 0.6) is 0 Å². The molecule has 0 fully saturated rings. The third-order valence-corrected chi connectivity index (χ3v) is 3.83. The highest BCUT2D eigenvalue weighted by Gasteiger charge is 2.11. The normalized spacial score (nSPS) is 11.3. The number of carbonyl (C=O) groups excluding carboxylic acids is 1. The second-order valence-electron chi connectivity index (χ2n) is 5.96. The maximum absolute atomic E-state index is 11.6. The summed E-state index contributed by atoms with van der Waals surface area (Å²) in [7, 11) is 0. The van der Waals surface area contributed by atoms with Gasteiger partial charge in [-0.05, 0) is 24.5 Å². The van der Waals surface area contributed by atoms with Gasteiger partial charge in [0.15, 0.2) is 0 Å². The lowest BCUT2D eigenvalue weighted by Gasteiger charge is -2.02. The van der Waals surface area contributed by atoms with Gasteiger partial charge >= 0.3 is 0 Å². The van der Waals surface area contributed by atoms with Crippen LogP contribution < -0.4 is 5.32 Å². The van der Waals surface area contributed by atoms with E-state index in [0.29, 0.717) is 5.95 Å². The van der Waals surface area contributed by atoms with Crippen molar-refractivity contribution in [1.82, 2.24) is 20.2 Å². The summed E-state index contributed by atoms with van der Waals surface area (Å²) >= 11 is 0. The highest BCUT2D eigenvalue weighted by atomic mass is 16.2. The molecule has 1 aromatic carbocycles. The fraction of sp³-hybridized carbons (Fsp3) is 0.353. The predicted molar refractivity (Wildman–Crippen MR) is 90.2 cm³/mol. The zero-order valence-electron chi connectivity index (χ0n) is 13.4. The number of hydrogen-bond acceptors (Lipinski definition) is 3. The van der Waals surface area contributed by atoms with Crippen molar-refractivity contribution in [3.8, 4) is 0 Å². The van der Waals surface area contributed by atoms with Gasteiger partial charge in [0.1, 0.15) is 5.82 Å². The minimum absolute atomic E-state index is 0.0747. The van der Waals surface area contributed by atoms with Crippen LogP contribution in [0.1, 0.15) is 31.7 Å². The van der Waals surface area contributed by atoms with E-state index in [1.165, 1.54) is 16.5 Å². The van der Waals surface area contributed by atoms with Crippen molar-refractivity contribution in [2.24, 2.45) is 5.92 Å². The highest BCUT2D eigenvalue weighted by molar-refractivity contribution is 5.90. The number of nitrogens with zero attached hydrogens (tertiary/aromatic N) is 2. The van der Waals surface area contributed by atoms with Crippen LogP contribution in [0.4, 0.5) is 5.95 Å². The minimum Gasteiger partial charge on any atom is -0.361 e. The van der Waals surface area contributed by atoms with Gasteiger partial charge in [0.05, 0.1) is 0 Å². The predicted octanol–water partition coefficient (Wildman–Crippen LogP) is 3.06. The SMILES string of the molecule is CC(C)C(=O)Nc1n[nH]c(CCCc2c[nH]c3ccccc23)n1. The molecule has 0 radical (unpaired) electrons. The molecule has 1 amide bonds. The molecule has 0 bridgehead atoms. The van der Waals surface area contributed by atoms with Crippen LogP contribution >= 0.6 is 0 Å². The molecule has 0 saturated heterocycles. The van der Waals surface area contributed by atoms with Gasteiger partial charge in [-0.3, -0.25) is 15.2 Å². The zero-order chi connectivity index (χ0) is 16.2. The molecule has 0 unspecified atom stereocenters. The molecule has 0 aliphatic heterocycles. The molecule has 6 heteroatoms. The summed E-state index contributed by atoms with van der Waals surface area (Å²) in [6.07, 6.45) is 4.80. The molecule has 0 spiro atoms. The van der Waals surface area contributed by atoms with Gasteiger partial charge in [0.25, 0.3) is 0 Å². The average molecular weight is 311 g/mol. The quantitative estimate of drug-likeness (QED) is 0.654. The maximum Gasteiger partial charge on any atom is 0.248 e. The van der Waals surface area contributed by atoms with Gasteiger partial charge in [0, 0.05) is 29.4 Å². The van der Waals surface area contributed by atoms with Crippen LogP contribution in [0.2, 0.25) is 0 Å². The summed E-state index contributed by atoms with van der Waals surface area (Å²) in [4.78, 5) is 19.2. The Balaban J connectivity index is 1.55. The second kappa shape index (κ2) is 6.64. The Labute approximate surface area is 134 Å². The van der Waals surface area contributed by atoms with Gasteiger partial charge in [-0.1, -0.05) is 32.0 Å². The third kappa shape index (κ3) is 3.59. The first-order chi connectivity index (χ1) is 11.1. The van der Waals surface area contributed by atoms with E-state index in [-0.39, 0.29) is 11.8 Å². The molecule has 23 heavy (non-hydrogen) atoms. The number of fused-ring (bicyclic) bond motifs is 1. The molecule has 2 heterocycles. The molecular weight excluding hydrogens is 290 g/mol. The molecule has 3 aromatic rings. The van der Waals surface area contributed by atoms with Crippen molar-refractivity contribution in [1.29, 1.82) is 0 Å². The monoisotopic (exact) mass is 311 g/mol. The molecular formula is C17H21N5O. The van der Waals surface area contributed by atoms with Crippen molar-refractivity contribution in [3.05, 3.63) is 41.9 Å². The third-order valence-electron chi connectivity index (χ3n) is 3.83. The van der Waals surface area contributed by atoms with E-state index in [1.54, 1.807) is 0 Å². The van der Waals surface area contributed by atoms with Crippen LogP contribution in [0.3, 0.4) is 0 Å². The van der Waals surface area contributed by atoms with E-state index in [4.69, 9.17) is 0 Å². The van der Waals surface area contributed by atoms with Crippen LogP contribution in [-0.4, -0.2) is 26.1 Å². The van der Waals surface area contributed by atoms with Crippen molar-refractivity contribution in [2.75, 3.05) is 5.32 Å². The first-order valence-corrected chi connectivity index (χ1v) is 7.90. The molecule has 0 aliphatic rings. The number of H-pyrrole nitrogens is 2. The first kappa shape index (κ1) is 15.3. The lowest BCUT2D eigenvalue weighted by Crippen LogP contribution is -2.18. The van der Waals surface area contributed by atoms with Gasteiger partial charge in [-0.2, -0.15) is 4.98 Å². The number of rotatable bonds is 6. The Morgan fingerprint density at radius 1 is 1.26 bits per heavy atom. The van der Waals surface area contributed by atoms with E-state index in [0.717, 1.165) is 25.1 Å². The van der Waals surface area contributed by atoms with E-state index in [1.807, 2.05) is 19.9 Å². The van der Waals surface area contributed by atoms with E-state index in [2.05, 4.69) is 49.9 Å². The van der Waals surface area contributed by atoms with E-state index in [9.17, 15) is 4.79 Å². The van der Waals surface area contributed by atoms with Gasteiger partial charge in [-0.25, -0.2) is 0 Å². The number of aryl methyl sites for hydroxylation is 2. The number of amides is 1. The van der Waals surface area contributed by atoms with E-state index >= 15 is 0 Å². The number of aromatic nitrogens is 4. The molecule has 3 rings (SSSR count). The fourth-order valence-corrected chi connectivity index (χ4v) is 2.50. The lowest BCUT2D eigenvalue weighted by atomic mass is 10.1. The van der Waals surface area contributed by atoms with Gasteiger partial charge in [0.2, 0.25) is 11.9 Å². The van der Waals surface area contributed by atoms with Crippen LogP contribution in [0, 0.1) is 5.92 Å². The van der Waals surface area contributed by atoms with Crippen molar-refractivity contribution >= 4 is 22.8 Å². The Morgan fingerprint density at radius 3 is 2.91 bits per heavy atom. The topological polar surface area (TPSA) is 86.5 Å². The van der Waals surface area contributed by atoms with Crippen molar-refractivity contribution < 1.29 is 4.79 Å². The number of benzene rings is 1. The summed E-state index contributed by atoms with van der Waals surface area (Å²) in [6.45, 7) is 3.67. The van der Waals surface area contributed by atoms with Gasteiger partial charge < -0.3 is 4.98 Å². The molecule has 0 saturated carbocycles. The fourth-order valence-electron chi connectivity index (χ4n) is 2.50. The minimum atomic E-state index is -0.0844. The molecule has 120 valence electrons. The Hall–Kier alpha value is -2.63. The van der Waals surface area contributed by atoms with Gasteiger partial charge in [-0.15, -0.1) is 5.10 Å². The number of aromatic amines is 2. The van der Waals surface area contributed by atoms with E-state index < -0.39 is 0 Å². The summed E-state index contributed by atoms with van der Waals surface area (Å²) in [5.41, 5.74) is 2.48. The second-order valence-corrected chi connectivity index (χ2v) is 5.96. The zero-order valence-corrected chi connectivity index (χ0v) is 13.4. The van der Waals surface area contributed by atoms with Crippen LogP contribution in [-0.2, 0) is 17.6 Å². The smallest absolute Gasteiger partial charge is 0.248 e. The van der Waals surface area contributed by atoms with Crippen LogP contribution in [0.15, 0.2) is 30.5 Å². The molecule has 2 aromatic heterocycles. The van der Waals surface area contributed by atoms with Crippen molar-refractivity contribution in [2.45, 2.75) is 33.1 Å². The summed E-state index contributed by atoms with van der Waals surface area (Å²) < 4.78 is 0. The summed E-state index contributed by atoms with van der Waals surface area (Å²) in [5, 5.41) is 10.9. The average Bonchev–Trinajstić information content (AvgIpc) is 3.15. The Kier molecular flexibility index (Phi) is 4.41. The number of nitrogens with one attached hydrogen (secondary N) is 3. The molecule has 0 atom stereocenters. The Bertz CT molecular complexity index is 802. The number of hydrogen-bond donors (Lipinski definition) is 3. The first-order valence-electron chi connectivity index (χ1n) is 7.90. The maximum atomic E-state index is 11.6. The number of para-hydroxylation sites is 1. The lowest BCUT2D eigenvalue weighted by molar-refractivity contribution is -0.118. The number of anilines is 1. The summed E-state index contributed by atoms with van der Waals surface area (Å²) in [5.74, 6) is 0.989.